The van der Waals surface area contributed by atoms with Crippen LogP contribution in [0.3, 0.4) is 0 Å². The number of amides is 3. The molecule has 0 aliphatic carbocycles. The Bertz CT molecular complexity index is 1380. The highest BCUT2D eigenvalue weighted by molar-refractivity contribution is 5.99. The van der Waals surface area contributed by atoms with Gasteiger partial charge in [-0.3, -0.25) is 14.4 Å². The Hall–Kier alpha value is -3.57. The van der Waals surface area contributed by atoms with Gasteiger partial charge in [0.05, 0.1) is 35.6 Å². The lowest BCUT2D eigenvalue weighted by molar-refractivity contribution is -0.158. The molecule has 1 aromatic heterocycles. The zero-order valence-electron chi connectivity index (χ0n) is 24.8. The van der Waals surface area contributed by atoms with Crippen LogP contribution in [0, 0.1) is 11.8 Å². The van der Waals surface area contributed by atoms with Crippen LogP contribution in [-0.4, -0.2) is 102 Å². The fraction of sp³-hybridized carbons (Fsp3) is 0.581. The molecule has 3 fully saturated rings. The molecule has 3 saturated heterocycles. The number of carbonyl (C=O) groups excluding carboxylic acids is 3. The van der Waals surface area contributed by atoms with Crippen molar-refractivity contribution in [3.63, 3.8) is 0 Å². The van der Waals surface area contributed by atoms with Crippen molar-refractivity contribution >= 4 is 28.8 Å². The normalized spacial score (nSPS) is 28.6. The molecule has 0 radical (unpaired) electrons. The van der Waals surface area contributed by atoms with Crippen molar-refractivity contribution in [3.05, 3.63) is 49.6 Å². The molecule has 1 spiro atoms. The first-order chi connectivity index (χ1) is 20.2. The van der Waals surface area contributed by atoms with E-state index in [1.165, 1.54) is 4.90 Å². The second kappa shape index (κ2) is 11.6. The predicted molar refractivity (Wildman–Crippen MR) is 157 cm³/mol. The zero-order chi connectivity index (χ0) is 30.2. The Morgan fingerprint density at radius 3 is 2.55 bits per heavy atom. The Kier molecular flexibility index (Phi) is 8.26. The summed E-state index contributed by atoms with van der Waals surface area (Å²) in [5, 5.41) is 18.7. The molecular formula is C31H42N6O5. The number of rotatable bonds is 13. The van der Waals surface area contributed by atoms with Crippen molar-refractivity contribution in [2.75, 3.05) is 26.2 Å². The number of hydrogen-bond acceptors (Lipinski definition) is 7. The van der Waals surface area contributed by atoms with E-state index < -0.39 is 35.1 Å². The van der Waals surface area contributed by atoms with Crippen LogP contribution in [-0.2, 0) is 25.8 Å². The van der Waals surface area contributed by atoms with Crippen molar-refractivity contribution in [2.45, 2.75) is 76.4 Å². The summed E-state index contributed by atoms with van der Waals surface area (Å²) in [6.45, 7) is 14.3. The Morgan fingerprint density at radius 2 is 1.88 bits per heavy atom. The second-order valence-corrected chi connectivity index (χ2v) is 11.8. The lowest BCUT2D eigenvalue weighted by Crippen LogP contribution is -2.58. The number of carbonyl (C=O) groups is 3. The third-order valence-corrected chi connectivity index (χ3v) is 9.40. The minimum atomic E-state index is -1.19. The summed E-state index contributed by atoms with van der Waals surface area (Å²) in [4.78, 5) is 48.1. The number of likely N-dealkylation sites (tertiary alicyclic amines) is 1. The third-order valence-electron chi connectivity index (χ3n) is 9.40. The van der Waals surface area contributed by atoms with Crippen LogP contribution in [0.5, 0.6) is 0 Å². The standard InChI is InChI=1S/C31H42N6O5/c1-6-16-34(17-7-2)27(39)24-25-28(40)37(21(5)19-38)26(31(25)15-14-30(24,9-4)42-31)29(41)35(18-8-3)20-36-23-13-11-10-12-22(23)32-33-36/h6,8,10-13,21,24-26,38H,1,3,7,9,14-20H2,2,4-5H3/t21-,24-,25+,26?,30+,31?/m1/s1. The molecular weight excluding hydrogens is 536 g/mol. The van der Waals surface area contributed by atoms with E-state index in [0.29, 0.717) is 37.9 Å². The van der Waals surface area contributed by atoms with Gasteiger partial charge in [0.2, 0.25) is 17.7 Å². The summed E-state index contributed by atoms with van der Waals surface area (Å²) in [6.07, 6.45) is 5.67. The van der Waals surface area contributed by atoms with Gasteiger partial charge in [0, 0.05) is 19.6 Å². The van der Waals surface area contributed by atoms with Crippen LogP contribution in [0.2, 0.25) is 0 Å². The quantitative estimate of drug-likeness (QED) is 0.362. The molecule has 3 amide bonds. The number of nitrogens with zero attached hydrogens (tertiary/aromatic N) is 6. The number of benzene rings is 1. The molecule has 3 aliphatic rings. The van der Waals surface area contributed by atoms with Gasteiger partial charge in [-0.05, 0) is 44.7 Å². The maximum atomic E-state index is 14.7. The molecule has 0 saturated carbocycles. The minimum Gasteiger partial charge on any atom is -0.394 e. The smallest absolute Gasteiger partial charge is 0.250 e. The molecule has 1 N–H and O–H groups in total. The van der Waals surface area contributed by atoms with Crippen LogP contribution in [0.1, 0.15) is 46.5 Å². The topological polar surface area (TPSA) is 121 Å². The van der Waals surface area contributed by atoms with Crippen LogP contribution < -0.4 is 0 Å². The van der Waals surface area contributed by atoms with Gasteiger partial charge in [-0.1, -0.05) is 43.3 Å². The van der Waals surface area contributed by atoms with Gasteiger partial charge in [0.25, 0.3) is 0 Å². The van der Waals surface area contributed by atoms with Crippen molar-refractivity contribution in [2.24, 2.45) is 11.8 Å². The highest BCUT2D eigenvalue weighted by Gasteiger charge is 2.79. The molecule has 2 unspecified atom stereocenters. The van der Waals surface area contributed by atoms with Crippen molar-refractivity contribution in [1.29, 1.82) is 0 Å². The van der Waals surface area contributed by atoms with Crippen LogP contribution in [0.4, 0.5) is 0 Å². The van der Waals surface area contributed by atoms with E-state index in [1.807, 2.05) is 38.1 Å². The molecule has 3 aliphatic heterocycles. The van der Waals surface area contributed by atoms with Gasteiger partial charge < -0.3 is 24.5 Å². The number of aliphatic hydroxyl groups is 1. The van der Waals surface area contributed by atoms with Crippen LogP contribution in [0.25, 0.3) is 11.0 Å². The first-order valence-corrected chi connectivity index (χ1v) is 14.9. The molecule has 2 bridgehead atoms. The summed E-state index contributed by atoms with van der Waals surface area (Å²) in [5.41, 5.74) is -0.563. The average Bonchev–Trinajstić information content (AvgIpc) is 3.73. The van der Waals surface area contributed by atoms with Crippen LogP contribution in [0.15, 0.2) is 49.6 Å². The number of hydrogen-bond donors (Lipinski definition) is 1. The number of ether oxygens (including phenoxy) is 1. The van der Waals surface area contributed by atoms with E-state index >= 15 is 0 Å². The highest BCUT2D eigenvalue weighted by atomic mass is 16.5. The summed E-state index contributed by atoms with van der Waals surface area (Å²) >= 11 is 0. The van der Waals surface area contributed by atoms with Crippen molar-refractivity contribution in [1.82, 2.24) is 29.7 Å². The molecule has 5 rings (SSSR count). The molecule has 6 atom stereocenters. The number of aliphatic hydroxyl groups excluding tert-OH is 1. The first kappa shape index (κ1) is 29.9. The first-order valence-electron chi connectivity index (χ1n) is 14.9. The van der Waals surface area contributed by atoms with E-state index in [0.717, 1.165) is 11.9 Å². The summed E-state index contributed by atoms with van der Waals surface area (Å²) < 4.78 is 8.54. The van der Waals surface area contributed by atoms with E-state index in [9.17, 15) is 19.5 Å². The molecule has 226 valence electrons. The maximum Gasteiger partial charge on any atom is 0.250 e. The van der Waals surface area contributed by atoms with Gasteiger partial charge in [0.1, 0.15) is 23.8 Å². The number of fused-ring (bicyclic) bond motifs is 2. The van der Waals surface area contributed by atoms with E-state index in [-0.39, 0.29) is 37.5 Å². The Balaban J connectivity index is 1.57. The van der Waals surface area contributed by atoms with Gasteiger partial charge in [-0.25, -0.2) is 4.68 Å². The Labute approximate surface area is 246 Å². The fourth-order valence-corrected chi connectivity index (χ4v) is 7.52. The van der Waals surface area contributed by atoms with Gasteiger partial charge in [-0.15, -0.1) is 18.3 Å². The van der Waals surface area contributed by atoms with Gasteiger partial charge in [-0.2, -0.15) is 0 Å². The summed E-state index contributed by atoms with van der Waals surface area (Å²) in [6, 6.07) is 5.82. The molecule has 11 nitrogen and oxygen atoms in total. The molecule has 4 heterocycles. The van der Waals surface area contributed by atoms with Gasteiger partial charge >= 0.3 is 0 Å². The number of aromatic nitrogens is 3. The lowest BCUT2D eigenvalue weighted by atomic mass is 9.64. The van der Waals surface area contributed by atoms with E-state index in [4.69, 9.17) is 4.74 Å². The number of para-hydroxylation sites is 1. The molecule has 11 heteroatoms. The predicted octanol–water partition coefficient (Wildman–Crippen LogP) is 2.36. The Morgan fingerprint density at radius 1 is 1.17 bits per heavy atom. The van der Waals surface area contributed by atoms with Gasteiger partial charge in [0.15, 0.2) is 0 Å². The summed E-state index contributed by atoms with van der Waals surface area (Å²) in [7, 11) is 0. The van der Waals surface area contributed by atoms with Crippen molar-refractivity contribution in [3.8, 4) is 0 Å². The SMILES string of the molecule is C=CCN(Cn1nnc2ccccc21)C(=O)C1N([C@H](C)CO)C(=O)[C@@H]2[C@H](C(=O)N(CC=C)CCC)[C@]3(CC)CCC12O3. The maximum absolute atomic E-state index is 14.7. The van der Waals surface area contributed by atoms with E-state index in [2.05, 4.69) is 23.5 Å². The van der Waals surface area contributed by atoms with E-state index in [1.54, 1.807) is 33.6 Å². The zero-order valence-corrected chi connectivity index (χ0v) is 24.8. The summed E-state index contributed by atoms with van der Waals surface area (Å²) in [5.74, 6) is -2.34. The fourth-order valence-electron chi connectivity index (χ4n) is 7.52. The largest absolute Gasteiger partial charge is 0.394 e. The highest BCUT2D eigenvalue weighted by Crippen LogP contribution is 2.65. The molecule has 2 aromatic rings. The average molecular weight is 579 g/mol. The monoisotopic (exact) mass is 578 g/mol. The van der Waals surface area contributed by atoms with Crippen molar-refractivity contribution < 1.29 is 24.2 Å². The van der Waals surface area contributed by atoms with Crippen LogP contribution >= 0.6 is 0 Å². The lowest BCUT2D eigenvalue weighted by Gasteiger charge is -2.38. The minimum absolute atomic E-state index is 0.0864. The second-order valence-electron chi connectivity index (χ2n) is 11.8. The molecule has 1 aromatic carbocycles. The third kappa shape index (κ3) is 4.44. The molecule has 42 heavy (non-hydrogen) atoms.